The zero-order valence-electron chi connectivity index (χ0n) is 10.7. The maximum Gasteiger partial charge on any atom is 0.275 e. The summed E-state index contributed by atoms with van der Waals surface area (Å²) in [5, 5.41) is 0. The molecule has 1 aliphatic rings. The minimum absolute atomic E-state index is 0.171. The highest BCUT2D eigenvalue weighted by molar-refractivity contribution is 7.14. The molecule has 1 aromatic rings. The number of likely N-dealkylation sites (tertiary alicyclic amines) is 1. The van der Waals surface area contributed by atoms with Gasteiger partial charge in [0.25, 0.3) is 5.91 Å². The van der Waals surface area contributed by atoms with Gasteiger partial charge in [-0.1, -0.05) is 13.8 Å². The van der Waals surface area contributed by atoms with E-state index in [0.29, 0.717) is 4.88 Å². The summed E-state index contributed by atoms with van der Waals surface area (Å²) in [6.07, 6.45) is 0.230. The molecule has 102 valence electrons. The number of hydrogen-bond acceptors (Lipinski definition) is 5. The Bertz CT molecular complexity index is 550. The number of hydrazine groups is 1. The number of nitrogens with two attached hydrogens (primary N) is 1. The van der Waals surface area contributed by atoms with Crippen LogP contribution in [0.25, 0.3) is 0 Å². The number of thiophene rings is 1. The number of rotatable bonds is 3. The SMILES string of the molecule is CC1(C)CC(=O)N(Cc2ccc(C(=O)NN)s2)C1=O. The Kier molecular flexibility index (Phi) is 3.42. The molecule has 0 radical (unpaired) electrons. The molecule has 1 aliphatic heterocycles. The second-order valence-corrected chi connectivity index (χ2v) is 6.25. The zero-order chi connectivity index (χ0) is 14.2. The maximum absolute atomic E-state index is 12.0. The minimum atomic E-state index is -0.633. The summed E-state index contributed by atoms with van der Waals surface area (Å²) in [7, 11) is 0. The number of carbonyl (C=O) groups is 3. The maximum atomic E-state index is 12.0. The smallest absolute Gasteiger partial charge is 0.275 e. The van der Waals surface area contributed by atoms with Crippen molar-refractivity contribution in [3.05, 3.63) is 21.9 Å². The van der Waals surface area contributed by atoms with Gasteiger partial charge in [-0.25, -0.2) is 5.84 Å². The quantitative estimate of drug-likeness (QED) is 0.368. The van der Waals surface area contributed by atoms with Gasteiger partial charge in [0.15, 0.2) is 0 Å². The number of nitrogen functional groups attached to an aromatic ring is 1. The first kappa shape index (κ1) is 13.7. The summed E-state index contributed by atoms with van der Waals surface area (Å²) >= 11 is 1.22. The van der Waals surface area contributed by atoms with Gasteiger partial charge in [-0.15, -0.1) is 11.3 Å². The van der Waals surface area contributed by atoms with Crippen molar-refractivity contribution in [1.82, 2.24) is 10.3 Å². The topological polar surface area (TPSA) is 92.5 Å². The lowest BCUT2D eigenvalue weighted by Gasteiger charge is -2.16. The fourth-order valence-electron chi connectivity index (χ4n) is 2.00. The summed E-state index contributed by atoms with van der Waals surface area (Å²) in [5.41, 5.74) is 1.41. The number of nitrogens with zero attached hydrogens (tertiary/aromatic N) is 1. The monoisotopic (exact) mass is 281 g/mol. The summed E-state index contributed by atoms with van der Waals surface area (Å²) in [5.74, 6) is 4.32. The molecule has 0 spiro atoms. The highest BCUT2D eigenvalue weighted by Gasteiger charge is 2.44. The lowest BCUT2D eigenvalue weighted by Crippen LogP contribution is -2.32. The number of imide groups is 1. The van der Waals surface area contributed by atoms with Crippen molar-refractivity contribution in [1.29, 1.82) is 0 Å². The van der Waals surface area contributed by atoms with Gasteiger partial charge in [0.2, 0.25) is 11.8 Å². The molecular formula is C12H15N3O3S. The third kappa shape index (κ3) is 2.52. The number of nitrogens with one attached hydrogen (secondary N) is 1. The van der Waals surface area contributed by atoms with Gasteiger partial charge in [0.05, 0.1) is 16.8 Å². The van der Waals surface area contributed by atoms with E-state index < -0.39 is 5.41 Å². The van der Waals surface area contributed by atoms with Crippen LogP contribution in [0.15, 0.2) is 12.1 Å². The molecule has 0 bridgehead atoms. The van der Waals surface area contributed by atoms with Crippen molar-refractivity contribution >= 4 is 29.1 Å². The highest BCUT2D eigenvalue weighted by Crippen LogP contribution is 2.33. The molecule has 2 heterocycles. The molecule has 6 nitrogen and oxygen atoms in total. The Hall–Kier alpha value is -1.73. The second kappa shape index (κ2) is 4.75. The predicted molar refractivity (Wildman–Crippen MR) is 69.9 cm³/mol. The van der Waals surface area contributed by atoms with E-state index in [2.05, 4.69) is 0 Å². The molecule has 1 aromatic heterocycles. The van der Waals surface area contributed by atoms with Gasteiger partial charge in [0.1, 0.15) is 0 Å². The van der Waals surface area contributed by atoms with Gasteiger partial charge in [-0.3, -0.25) is 24.7 Å². The van der Waals surface area contributed by atoms with E-state index in [1.54, 1.807) is 26.0 Å². The van der Waals surface area contributed by atoms with Crippen molar-refractivity contribution in [2.45, 2.75) is 26.8 Å². The van der Waals surface area contributed by atoms with E-state index in [-0.39, 0.29) is 30.7 Å². The zero-order valence-corrected chi connectivity index (χ0v) is 11.5. The van der Waals surface area contributed by atoms with Gasteiger partial charge < -0.3 is 0 Å². The van der Waals surface area contributed by atoms with E-state index in [0.717, 1.165) is 4.88 Å². The van der Waals surface area contributed by atoms with E-state index in [9.17, 15) is 14.4 Å². The first-order valence-corrected chi connectivity index (χ1v) is 6.61. The standard InChI is InChI=1S/C12H15N3O3S/c1-12(2)5-9(16)15(11(12)18)6-7-3-4-8(19-7)10(17)14-13/h3-4H,5-6,13H2,1-2H3,(H,14,17). The fourth-order valence-corrected chi connectivity index (χ4v) is 2.90. The third-order valence-corrected chi connectivity index (χ3v) is 4.12. The van der Waals surface area contributed by atoms with Gasteiger partial charge in [-0.2, -0.15) is 0 Å². The first-order chi connectivity index (χ1) is 8.85. The van der Waals surface area contributed by atoms with Crippen LogP contribution in [0.3, 0.4) is 0 Å². The van der Waals surface area contributed by atoms with Crippen molar-refractivity contribution in [2.24, 2.45) is 11.3 Å². The molecule has 3 N–H and O–H groups in total. The molecule has 7 heteroatoms. The molecular weight excluding hydrogens is 266 g/mol. The normalized spacial score (nSPS) is 17.9. The van der Waals surface area contributed by atoms with Crippen LogP contribution in [0.4, 0.5) is 0 Å². The number of amides is 3. The van der Waals surface area contributed by atoms with Crippen LogP contribution in [0, 0.1) is 5.41 Å². The molecule has 0 aromatic carbocycles. The van der Waals surface area contributed by atoms with Gasteiger partial charge in [0, 0.05) is 11.3 Å². The van der Waals surface area contributed by atoms with Gasteiger partial charge >= 0.3 is 0 Å². The number of carbonyl (C=O) groups excluding carboxylic acids is 3. The van der Waals surface area contributed by atoms with Crippen LogP contribution in [-0.4, -0.2) is 22.6 Å². The largest absolute Gasteiger partial charge is 0.289 e. The molecule has 0 atom stereocenters. The predicted octanol–water partition coefficient (Wildman–Crippen LogP) is 0.637. The van der Waals surface area contributed by atoms with Gasteiger partial charge in [-0.05, 0) is 12.1 Å². The van der Waals surface area contributed by atoms with E-state index in [1.165, 1.54) is 16.2 Å². The molecule has 3 amide bonds. The molecule has 0 saturated carbocycles. The number of hydrogen-bond donors (Lipinski definition) is 2. The van der Waals surface area contributed by atoms with Crippen LogP contribution in [-0.2, 0) is 16.1 Å². The van der Waals surface area contributed by atoms with Crippen LogP contribution in [0.1, 0.15) is 34.8 Å². The van der Waals surface area contributed by atoms with Crippen molar-refractivity contribution < 1.29 is 14.4 Å². The Labute approximate surface area is 114 Å². The lowest BCUT2D eigenvalue weighted by atomic mass is 9.92. The van der Waals surface area contributed by atoms with Crippen LogP contribution in [0.5, 0.6) is 0 Å². The highest BCUT2D eigenvalue weighted by atomic mass is 32.1. The molecule has 0 unspecified atom stereocenters. The van der Waals surface area contributed by atoms with Crippen molar-refractivity contribution in [3.63, 3.8) is 0 Å². The van der Waals surface area contributed by atoms with Crippen molar-refractivity contribution in [2.75, 3.05) is 0 Å². The second-order valence-electron chi connectivity index (χ2n) is 5.09. The van der Waals surface area contributed by atoms with Crippen LogP contribution in [0.2, 0.25) is 0 Å². The fraction of sp³-hybridized carbons (Fsp3) is 0.417. The van der Waals surface area contributed by atoms with E-state index in [1.807, 2.05) is 5.43 Å². The van der Waals surface area contributed by atoms with Crippen molar-refractivity contribution in [3.8, 4) is 0 Å². The van der Waals surface area contributed by atoms with Crippen LogP contribution < -0.4 is 11.3 Å². The molecule has 0 aliphatic carbocycles. The lowest BCUT2D eigenvalue weighted by molar-refractivity contribution is -0.141. The Balaban J connectivity index is 2.14. The third-order valence-electron chi connectivity index (χ3n) is 3.05. The molecule has 19 heavy (non-hydrogen) atoms. The van der Waals surface area contributed by atoms with E-state index >= 15 is 0 Å². The molecule has 2 rings (SSSR count). The summed E-state index contributed by atoms with van der Waals surface area (Å²) in [4.78, 5) is 37.7. The first-order valence-electron chi connectivity index (χ1n) is 5.79. The minimum Gasteiger partial charge on any atom is -0.289 e. The van der Waals surface area contributed by atoms with Crippen LogP contribution >= 0.6 is 11.3 Å². The Morgan fingerprint density at radius 3 is 2.68 bits per heavy atom. The molecule has 1 fully saturated rings. The average Bonchev–Trinajstić information content (AvgIpc) is 2.88. The average molecular weight is 281 g/mol. The Morgan fingerprint density at radius 2 is 2.16 bits per heavy atom. The molecule has 1 saturated heterocycles. The Morgan fingerprint density at radius 1 is 1.47 bits per heavy atom. The summed E-state index contributed by atoms with van der Waals surface area (Å²) in [6.45, 7) is 3.73. The van der Waals surface area contributed by atoms with E-state index in [4.69, 9.17) is 5.84 Å². The summed E-state index contributed by atoms with van der Waals surface area (Å²) < 4.78 is 0. The summed E-state index contributed by atoms with van der Waals surface area (Å²) in [6, 6.07) is 3.35.